The minimum Gasteiger partial charge on any atom is -0.317 e. The van der Waals surface area contributed by atoms with Crippen molar-refractivity contribution in [3.05, 3.63) is 0 Å². The van der Waals surface area contributed by atoms with Crippen LogP contribution in [0.5, 0.6) is 0 Å². The summed E-state index contributed by atoms with van der Waals surface area (Å²) in [6.07, 6.45) is 8.85. The van der Waals surface area contributed by atoms with Crippen LogP contribution in [-0.2, 0) is 0 Å². The molecule has 0 aromatic rings. The van der Waals surface area contributed by atoms with E-state index in [2.05, 4.69) is 12.2 Å². The molecule has 70 valence electrons. The molecule has 1 aliphatic carbocycles. The summed E-state index contributed by atoms with van der Waals surface area (Å²) in [5.41, 5.74) is 0.767. The van der Waals surface area contributed by atoms with Crippen molar-refractivity contribution in [2.45, 2.75) is 45.4 Å². The Morgan fingerprint density at radius 3 is 2.83 bits per heavy atom. The van der Waals surface area contributed by atoms with Gasteiger partial charge in [0, 0.05) is 0 Å². The van der Waals surface area contributed by atoms with Crippen LogP contribution in [0.1, 0.15) is 45.4 Å². The molecule has 1 heteroatoms. The number of hydrogen-bond acceptors (Lipinski definition) is 1. The minimum atomic E-state index is 0.767. The van der Waals surface area contributed by atoms with Crippen LogP contribution in [0.15, 0.2) is 0 Å². The summed E-state index contributed by atoms with van der Waals surface area (Å²) >= 11 is 0. The second-order valence-electron chi connectivity index (χ2n) is 4.95. The first-order valence-corrected chi connectivity index (χ1v) is 5.52. The van der Waals surface area contributed by atoms with Gasteiger partial charge in [0.1, 0.15) is 0 Å². The van der Waals surface area contributed by atoms with Crippen LogP contribution in [0.3, 0.4) is 0 Å². The molecule has 1 N–H and O–H groups in total. The van der Waals surface area contributed by atoms with Gasteiger partial charge in [0.25, 0.3) is 0 Å². The topological polar surface area (TPSA) is 12.0 Å². The largest absolute Gasteiger partial charge is 0.317 e. The van der Waals surface area contributed by atoms with E-state index < -0.39 is 0 Å². The van der Waals surface area contributed by atoms with E-state index in [9.17, 15) is 0 Å². The lowest BCUT2D eigenvalue weighted by atomic mass is 9.78. The van der Waals surface area contributed by atoms with Crippen molar-refractivity contribution in [3.63, 3.8) is 0 Å². The van der Waals surface area contributed by atoms with Crippen molar-refractivity contribution < 1.29 is 0 Å². The molecule has 12 heavy (non-hydrogen) atoms. The summed E-state index contributed by atoms with van der Waals surface area (Å²) in [5, 5.41) is 3.51. The fourth-order valence-electron chi connectivity index (χ4n) is 3.14. The summed E-state index contributed by atoms with van der Waals surface area (Å²) in [5.74, 6) is 1.00. The predicted octanol–water partition coefficient (Wildman–Crippen LogP) is 2.57. The lowest BCUT2D eigenvalue weighted by Crippen LogP contribution is -2.19. The van der Waals surface area contributed by atoms with Crippen LogP contribution in [-0.4, -0.2) is 13.1 Å². The second-order valence-corrected chi connectivity index (χ2v) is 4.95. The van der Waals surface area contributed by atoms with Crippen LogP contribution >= 0.6 is 0 Å². The molecule has 1 nitrogen and oxygen atoms in total. The molecule has 2 rings (SSSR count). The van der Waals surface area contributed by atoms with Crippen molar-refractivity contribution in [1.29, 1.82) is 0 Å². The molecule has 1 aliphatic heterocycles. The molecular formula is C11H21N. The molecule has 1 saturated carbocycles. The quantitative estimate of drug-likeness (QED) is 0.584. The van der Waals surface area contributed by atoms with Gasteiger partial charge in [-0.1, -0.05) is 13.3 Å². The summed E-state index contributed by atoms with van der Waals surface area (Å²) in [4.78, 5) is 0. The Bertz CT molecular complexity index is 145. The summed E-state index contributed by atoms with van der Waals surface area (Å²) < 4.78 is 0. The van der Waals surface area contributed by atoms with Crippen LogP contribution in [0.25, 0.3) is 0 Å². The van der Waals surface area contributed by atoms with Gasteiger partial charge in [-0.15, -0.1) is 0 Å². The van der Waals surface area contributed by atoms with Gasteiger partial charge in [0.15, 0.2) is 0 Å². The molecule has 2 unspecified atom stereocenters. The van der Waals surface area contributed by atoms with E-state index in [1.54, 1.807) is 0 Å². The lowest BCUT2D eigenvalue weighted by Gasteiger charge is -2.27. The highest BCUT2D eigenvalue weighted by molar-refractivity contribution is 4.89. The van der Waals surface area contributed by atoms with Crippen molar-refractivity contribution in [3.8, 4) is 0 Å². The Morgan fingerprint density at radius 1 is 1.17 bits per heavy atom. The van der Waals surface area contributed by atoms with Crippen molar-refractivity contribution in [2.24, 2.45) is 11.3 Å². The third kappa shape index (κ3) is 1.66. The van der Waals surface area contributed by atoms with Gasteiger partial charge in [0.05, 0.1) is 0 Å². The van der Waals surface area contributed by atoms with Crippen LogP contribution in [0.2, 0.25) is 0 Å². The Hall–Kier alpha value is -0.0400. The highest BCUT2D eigenvalue weighted by Crippen LogP contribution is 2.47. The van der Waals surface area contributed by atoms with Crippen LogP contribution in [0.4, 0.5) is 0 Å². The second kappa shape index (κ2) is 3.37. The maximum Gasteiger partial charge on any atom is -0.00436 e. The zero-order valence-corrected chi connectivity index (χ0v) is 8.23. The Balaban J connectivity index is 1.98. The first kappa shape index (κ1) is 8.55. The van der Waals surface area contributed by atoms with Crippen LogP contribution < -0.4 is 5.32 Å². The van der Waals surface area contributed by atoms with E-state index in [4.69, 9.17) is 0 Å². The zero-order valence-electron chi connectivity index (χ0n) is 8.23. The fourth-order valence-corrected chi connectivity index (χ4v) is 3.14. The van der Waals surface area contributed by atoms with Crippen molar-refractivity contribution in [2.75, 3.05) is 13.1 Å². The lowest BCUT2D eigenvalue weighted by molar-refractivity contribution is 0.252. The molecule has 2 aliphatic rings. The maximum absolute atomic E-state index is 3.51. The molecule has 0 bridgehead atoms. The van der Waals surface area contributed by atoms with Gasteiger partial charge >= 0.3 is 0 Å². The standard InChI is InChI=1S/C11H21N/c1-10-3-5-11(9-10)4-2-7-12-8-6-11/h10,12H,2-9H2,1H3. The normalized spacial score (nSPS) is 43.2. The summed E-state index contributed by atoms with van der Waals surface area (Å²) in [7, 11) is 0. The third-order valence-corrected chi connectivity index (χ3v) is 3.84. The molecule has 1 saturated heterocycles. The molecule has 1 spiro atoms. The Labute approximate surface area is 75.9 Å². The van der Waals surface area contributed by atoms with Crippen molar-refractivity contribution in [1.82, 2.24) is 5.32 Å². The monoisotopic (exact) mass is 167 g/mol. The highest BCUT2D eigenvalue weighted by Gasteiger charge is 2.36. The van der Waals surface area contributed by atoms with E-state index >= 15 is 0 Å². The summed E-state index contributed by atoms with van der Waals surface area (Å²) in [6.45, 7) is 4.95. The van der Waals surface area contributed by atoms with E-state index in [0.29, 0.717) is 0 Å². The minimum absolute atomic E-state index is 0.767. The number of nitrogens with one attached hydrogen (secondary N) is 1. The van der Waals surface area contributed by atoms with Gasteiger partial charge in [-0.05, 0) is 56.5 Å². The zero-order chi connectivity index (χ0) is 8.44. The third-order valence-electron chi connectivity index (χ3n) is 3.84. The summed E-state index contributed by atoms with van der Waals surface area (Å²) in [6, 6.07) is 0. The average molecular weight is 167 g/mol. The van der Waals surface area contributed by atoms with Crippen LogP contribution in [0, 0.1) is 11.3 Å². The fraction of sp³-hybridized carbons (Fsp3) is 1.00. The molecular weight excluding hydrogens is 146 g/mol. The number of rotatable bonds is 0. The Kier molecular flexibility index (Phi) is 2.40. The molecule has 2 fully saturated rings. The Morgan fingerprint density at radius 2 is 2.08 bits per heavy atom. The number of hydrogen-bond donors (Lipinski definition) is 1. The van der Waals surface area contributed by atoms with Gasteiger partial charge < -0.3 is 5.32 Å². The first-order chi connectivity index (χ1) is 5.81. The molecule has 0 radical (unpaired) electrons. The van der Waals surface area contributed by atoms with Gasteiger partial charge in [0.2, 0.25) is 0 Å². The first-order valence-electron chi connectivity index (χ1n) is 5.52. The average Bonchev–Trinajstić information content (AvgIpc) is 2.30. The van der Waals surface area contributed by atoms with Gasteiger partial charge in [-0.3, -0.25) is 0 Å². The highest BCUT2D eigenvalue weighted by atomic mass is 14.9. The molecule has 2 atom stereocenters. The van der Waals surface area contributed by atoms with Crippen molar-refractivity contribution >= 4 is 0 Å². The molecule has 1 heterocycles. The van der Waals surface area contributed by atoms with E-state index in [1.165, 1.54) is 51.6 Å². The molecule has 0 aromatic heterocycles. The van der Waals surface area contributed by atoms with Gasteiger partial charge in [-0.25, -0.2) is 0 Å². The smallest absolute Gasteiger partial charge is 0.00436 e. The van der Waals surface area contributed by atoms with Gasteiger partial charge in [-0.2, -0.15) is 0 Å². The maximum atomic E-state index is 3.51. The molecule has 0 aromatic carbocycles. The predicted molar refractivity (Wildman–Crippen MR) is 52.2 cm³/mol. The van der Waals surface area contributed by atoms with E-state index in [0.717, 1.165) is 11.3 Å². The van der Waals surface area contributed by atoms with E-state index in [1.807, 2.05) is 0 Å². The molecule has 0 amide bonds. The van der Waals surface area contributed by atoms with E-state index in [-0.39, 0.29) is 0 Å². The SMILES string of the molecule is CC1CCC2(CCCNCC2)C1.